The van der Waals surface area contributed by atoms with E-state index < -0.39 is 17.9 Å². The Bertz CT molecular complexity index is 630. The van der Waals surface area contributed by atoms with Crippen molar-refractivity contribution in [1.82, 2.24) is 25.3 Å². The first-order chi connectivity index (χ1) is 11.3. The van der Waals surface area contributed by atoms with Gasteiger partial charge in [0.15, 0.2) is 5.69 Å². The second kappa shape index (κ2) is 6.42. The molecular formula is C14H18F3N5O2. The van der Waals surface area contributed by atoms with Gasteiger partial charge >= 0.3 is 12.2 Å². The maximum Gasteiger partial charge on any atom is 0.435 e. The standard InChI is InChI=1S/C14H18F3N5O2/c15-14(16,17)11-6-10(19-20-11)9-2-1-4-21(7-9)8-12(23)22-5-3-18-13(22)24/h6,9H,1-5,7-8H2,(H,18,24)(H,19,20)/t9-/m0/s1. The molecule has 0 aromatic carbocycles. The summed E-state index contributed by atoms with van der Waals surface area (Å²) in [7, 11) is 0. The Morgan fingerprint density at radius 1 is 1.38 bits per heavy atom. The molecule has 3 amide bonds. The van der Waals surface area contributed by atoms with Crippen molar-refractivity contribution in [3.63, 3.8) is 0 Å². The third kappa shape index (κ3) is 3.53. The molecule has 2 N–H and O–H groups in total. The van der Waals surface area contributed by atoms with Crippen LogP contribution in [0.5, 0.6) is 0 Å². The van der Waals surface area contributed by atoms with Crippen LogP contribution in [0.15, 0.2) is 6.07 Å². The normalized spacial score (nSPS) is 22.7. The number of nitrogens with zero attached hydrogens (tertiary/aromatic N) is 3. The van der Waals surface area contributed by atoms with Gasteiger partial charge < -0.3 is 5.32 Å². The van der Waals surface area contributed by atoms with E-state index in [2.05, 4.69) is 15.5 Å². The highest BCUT2D eigenvalue weighted by atomic mass is 19.4. The van der Waals surface area contributed by atoms with Crippen LogP contribution in [-0.2, 0) is 11.0 Å². The van der Waals surface area contributed by atoms with Crippen molar-refractivity contribution in [2.75, 3.05) is 32.7 Å². The van der Waals surface area contributed by atoms with Crippen LogP contribution in [0.1, 0.15) is 30.1 Å². The molecule has 10 heteroatoms. The van der Waals surface area contributed by atoms with Gasteiger partial charge in [-0.25, -0.2) is 4.79 Å². The van der Waals surface area contributed by atoms with Gasteiger partial charge in [0.25, 0.3) is 0 Å². The van der Waals surface area contributed by atoms with Crippen molar-refractivity contribution in [2.24, 2.45) is 0 Å². The summed E-state index contributed by atoms with van der Waals surface area (Å²) in [6.07, 6.45) is -2.97. The van der Waals surface area contributed by atoms with E-state index in [1.165, 1.54) is 4.90 Å². The van der Waals surface area contributed by atoms with Gasteiger partial charge in [-0.05, 0) is 25.5 Å². The lowest BCUT2D eigenvalue weighted by Crippen LogP contribution is -2.44. The Morgan fingerprint density at radius 3 is 2.79 bits per heavy atom. The molecule has 1 atom stereocenters. The Hall–Kier alpha value is -2.10. The quantitative estimate of drug-likeness (QED) is 0.861. The second-order valence-corrected chi connectivity index (χ2v) is 6.06. The summed E-state index contributed by atoms with van der Waals surface area (Å²) in [6.45, 7) is 2.02. The number of nitrogens with one attached hydrogen (secondary N) is 2. The number of likely N-dealkylation sites (tertiary alicyclic amines) is 1. The molecule has 1 aromatic heterocycles. The minimum absolute atomic E-state index is 0.0875. The smallest absolute Gasteiger partial charge is 0.336 e. The van der Waals surface area contributed by atoms with E-state index in [4.69, 9.17) is 0 Å². The van der Waals surface area contributed by atoms with Crippen LogP contribution < -0.4 is 5.32 Å². The molecule has 1 aromatic rings. The van der Waals surface area contributed by atoms with Crippen LogP contribution in [0.3, 0.4) is 0 Å². The molecule has 2 aliphatic heterocycles. The third-order valence-electron chi connectivity index (χ3n) is 4.35. The summed E-state index contributed by atoms with van der Waals surface area (Å²) in [5.41, 5.74) is -0.502. The summed E-state index contributed by atoms with van der Waals surface area (Å²) in [6, 6.07) is 0.640. The van der Waals surface area contributed by atoms with Crippen molar-refractivity contribution < 1.29 is 22.8 Å². The molecular weight excluding hydrogens is 327 g/mol. The Kier molecular flexibility index (Phi) is 4.48. The highest BCUT2D eigenvalue weighted by Crippen LogP contribution is 2.31. The Labute approximate surface area is 136 Å². The van der Waals surface area contributed by atoms with Crippen molar-refractivity contribution in [3.05, 3.63) is 17.5 Å². The number of aromatic nitrogens is 2. The average molecular weight is 345 g/mol. The first kappa shape index (κ1) is 16.7. The first-order valence-corrected chi connectivity index (χ1v) is 7.77. The van der Waals surface area contributed by atoms with E-state index in [1.54, 1.807) is 0 Å². The van der Waals surface area contributed by atoms with Crippen LogP contribution in [0.25, 0.3) is 0 Å². The van der Waals surface area contributed by atoms with E-state index in [9.17, 15) is 22.8 Å². The Morgan fingerprint density at radius 2 is 2.17 bits per heavy atom. The van der Waals surface area contributed by atoms with Crippen LogP contribution >= 0.6 is 0 Å². The van der Waals surface area contributed by atoms with E-state index in [-0.39, 0.29) is 18.4 Å². The molecule has 3 rings (SSSR count). The molecule has 132 valence electrons. The summed E-state index contributed by atoms with van der Waals surface area (Å²) in [5.74, 6) is -0.422. The van der Waals surface area contributed by atoms with Gasteiger partial charge in [-0.1, -0.05) is 0 Å². The number of urea groups is 1. The lowest BCUT2D eigenvalue weighted by atomic mass is 9.94. The summed E-state index contributed by atoms with van der Waals surface area (Å²) >= 11 is 0. The first-order valence-electron chi connectivity index (χ1n) is 7.77. The van der Waals surface area contributed by atoms with E-state index >= 15 is 0 Å². The number of piperidine rings is 1. The SMILES string of the molecule is O=C(CN1CCC[C@H](c2cc(C(F)(F)F)n[nH]2)C1)N1CCNC1=O. The topological polar surface area (TPSA) is 81.3 Å². The summed E-state index contributed by atoms with van der Waals surface area (Å²) in [5, 5.41) is 8.35. The van der Waals surface area contributed by atoms with Crippen molar-refractivity contribution in [3.8, 4) is 0 Å². The highest BCUT2D eigenvalue weighted by Gasteiger charge is 2.35. The fourth-order valence-corrected chi connectivity index (χ4v) is 3.13. The van der Waals surface area contributed by atoms with Crippen LogP contribution in [0.4, 0.5) is 18.0 Å². The van der Waals surface area contributed by atoms with Gasteiger partial charge in [0.1, 0.15) is 0 Å². The van der Waals surface area contributed by atoms with Crippen molar-refractivity contribution in [2.45, 2.75) is 24.9 Å². The molecule has 0 radical (unpaired) electrons. The summed E-state index contributed by atoms with van der Waals surface area (Å²) < 4.78 is 37.9. The highest BCUT2D eigenvalue weighted by molar-refractivity contribution is 5.96. The number of aromatic amines is 1. The largest absolute Gasteiger partial charge is 0.435 e. The monoisotopic (exact) mass is 345 g/mol. The number of amides is 3. The minimum Gasteiger partial charge on any atom is -0.336 e. The van der Waals surface area contributed by atoms with E-state index in [0.717, 1.165) is 18.9 Å². The van der Waals surface area contributed by atoms with Gasteiger partial charge in [0.05, 0.1) is 6.54 Å². The maximum atomic E-state index is 12.6. The molecule has 2 aliphatic rings. The lowest BCUT2D eigenvalue weighted by molar-refractivity contribution is -0.141. The van der Waals surface area contributed by atoms with Crippen LogP contribution in [-0.4, -0.2) is 64.7 Å². The minimum atomic E-state index is -4.47. The zero-order chi connectivity index (χ0) is 17.3. The number of rotatable bonds is 3. The number of carbonyl (C=O) groups excluding carboxylic acids is 2. The predicted molar refractivity (Wildman–Crippen MR) is 77.1 cm³/mol. The molecule has 0 spiro atoms. The molecule has 7 nitrogen and oxygen atoms in total. The maximum absolute atomic E-state index is 12.6. The summed E-state index contributed by atoms with van der Waals surface area (Å²) in [4.78, 5) is 26.7. The number of carbonyl (C=O) groups is 2. The molecule has 0 saturated carbocycles. The number of H-pyrrole nitrogens is 1. The number of imide groups is 1. The molecule has 0 aliphatic carbocycles. The predicted octanol–water partition coefficient (Wildman–Crippen LogP) is 1.16. The van der Waals surface area contributed by atoms with Gasteiger partial charge in [-0.2, -0.15) is 18.3 Å². The fourth-order valence-electron chi connectivity index (χ4n) is 3.13. The fraction of sp³-hybridized carbons (Fsp3) is 0.643. The van der Waals surface area contributed by atoms with E-state index in [0.29, 0.717) is 31.9 Å². The molecule has 3 heterocycles. The van der Waals surface area contributed by atoms with Gasteiger partial charge in [-0.3, -0.25) is 19.7 Å². The number of hydrogen-bond donors (Lipinski definition) is 2. The van der Waals surface area contributed by atoms with Crippen LogP contribution in [0, 0.1) is 0 Å². The zero-order valence-corrected chi connectivity index (χ0v) is 12.9. The lowest BCUT2D eigenvalue weighted by Gasteiger charge is -2.32. The second-order valence-electron chi connectivity index (χ2n) is 6.06. The van der Waals surface area contributed by atoms with Gasteiger partial charge in [0.2, 0.25) is 5.91 Å². The number of halogens is 3. The molecule has 0 unspecified atom stereocenters. The van der Waals surface area contributed by atoms with Crippen LogP contribution in [0.2, 0.25) is 0 Å². The number of hydrogen-bond acceptors (Lipinski definition) is 4. The molecule has 0 bridgehead atoms. The molecule has 24 heavy (non-hydrogen) atoms. The third-order valence-corrected chi connectivity index (χ3v) is 4.35. The van der Waals surface area contributed by atoms with Gasteiger partial charge in [-0.15, -0.1) is 0 Å². The average Bonchev–Trinajstić information content (AvgIpc) is 3.15. The Balaban J connectivity index is 1.61. The molecule has 2 saturated heterocycles. The van der Waals surface area contributed by atoms with Crippen molar-refractivity contribution in [1.29, 1.82) is 0 Å². The molecule has 2 fully saturated rings. The zero-order valence-electron chi connectivity index (χ0n) is 12.9. The van der Waals surface area contributed by atoms with E-state index in [1.807, 2.05) is 4.90 Å². The number of alkyl halides is 3. The van der Waals surface area contributed by atoms with Gasteiger partial charge in [0, 0.05) is 31.2 Å². The van der Waals surface area contributed by atoms with Crippen molar-refractivity contribution >= 4 is 11.9 Å².